The number of fused-ring (bicyclic) bond motifs is 1. The van der Waals surface area contributed by atoms with Crippen LogP contribution in [0.25, 0.3) is 6.08 Å². The summed E-state index contributed by atoms with van der Waals surface area (Å²) in [7, 11) is 1.42. The van der Waals surface area contributed by atoms with Crippen LogP contribution in [0.4, 0.5) is 0 Å². The summed E-state index contributed by atoms with van der Waals surface area (Å²) >= 11 is 0. The Morgan fingerprint density at radius 1 is 1.10 bits per heavy atom. The first kappa shape index (κ1) is 19.2. The Kier molecular flexibility index (Phi) is 5.10. The summed E-state index contributed by atoms with van der Waals surface area (Å²) in [5.41, 5.74) is 7.94. The number of hydrogen-bond donors (Lipinski definition) is 0. The molecule has 0 radical (unpaired) electrons. The average Bonchev–Trinajstić information content (AvgIpc) is 3.27. The lowest BCUT2D eigenvalue weighted by atomic mass is 9.87. The summed E-state index contributed by atoms with van der Waals surface area (Å²) in [6.07, 6.45) is 4.75. The van der Waals surface area contributed by atoms with Crippen molar-refractivity contribution in [2.24, 2.45) is 0 Å². The highest BCUT2D eigenvalue weighted by Crippen LogP contribution is 2.43. The number of hydrogen-bond acceptors (Lipinski definition) is 3. The maximum atomic E-state index is 11.9. The molecule has 0 amide bonds. The van der Waals surface area contributed by atoms with Crippen molar-refractivity contribution in [3.8, 4) is 0 Å². The number of rotatable bonds is 5. The zero-order chi connectivity index (χ0) is 20.5. The summed E-state index contributed by atoms with van der Waals surface area (Å²) in [6, 6.07) is 17.0. The van der Waals surface area contributed by atoms with E-state index in [4.69, 9.17) is 9.84 Å². The second-order valence-corrected chi connectivity index (χ2v) is 7.67. The second-order valence-electron chi connectivity index (χ2n) is 7.67. The van der Waals surface area contributed by atoms with E-state index in [-0.39, 0.29) is 24.3 Å². The Labute approximate surface area is 171 Å². The predicted octanol–water partition coefficient (Wildman–Crippen LogP) is 4.92. The van der Waals surface area contributed by atoms with Gasteiger partial charge in [0, 0.05) is 17.2 Å². The highest BCUT2D eigenvalue weighted by Gasteiger charge is 2.32. The van der Waals surface area contributed by atoms with Gasteiger partial charge in [0.1, 0.15) is 0 Å². The molecule has 4 nitrogen and oxygen atoms in total. The third-order valence-electron chi connectivity index (χ3n) is 5.96. The van der Waals surface area contributed by atoms with Crippen molar-refractivity contribution >= 4 is 12.0 Å². The number of carbonyl (C=O) groups excluding carboxylic acids is 1. The molecule has 4 rings (SSSR count). The third kappa shape index (κ3) is 3.39. The maximum Gasteiger partial charge on any atom is 0.310 e. The summed E-state index contributed by atoms with van der Waals surface area (Å²) < 4.78 is 6.98. The highest BCUT2D eigenvalue weighted by atomic mass is 16.5. The van der Waals surface area contributed by atoms with Gasteiger partial charge in [0.15, 0.2) is 0 Å². The van der Waals surface area contributed by atoms with Crippen LogP contribution in [0.15, 0.2) is 54.6 Å². The summed E-state index contributed by atoms with van der Waals surface area (Å²) in [5, 5.41) is 4.89. The number of ether oxygens (including phenoxy) is 1. The van der Waals surface area contributed by atoms with E-state index in [1.807, 2.05) is 19.9 Å². The first-order chi connectivity index (χ1) is 14.0. The van der Waals surface area contributed by atoms with E-state index in [0.717, 1.165) is 17.0 Å². The molecule has 3 aromatic rings. The standard InChI is InChI=1S/C25H26N2O2/c1-16-9-8-12-21-20(16)13-14-22(21)25(19-10-6-5-7-11-19)27-18(3)23(17(2)26-27)15-24(28)29-4/h5-14,22,25H,15H2,1-4H3. The van der Waals surface area contributed by atoms with Crippen molar-refractivity contribution in [2.75, 3.05) is 7.11 Å². The molecule has 0 bridgehead atoms. The zero-order valence-corrected chi connectivity index (χ0v) is 17.3. The number of aromatic nitrogens is 2. The van der Waals surface area contributed by atoms with Gasteiger partial charge in [-0.1, -0.05) is 60.7 Å². The molecule has 1 aromatic heterocycles. The van der Waals surface area contributed by atoms with Gasteiger partial charge in [-0.2, -0.15) is 5.10 Å². The molecule has 29 heavy (non-hydrogen) atoms. The van der Waals surface area contributed by atoms with Crippen molar-refractivity contribution in [3.63, 3.8) is 0 Å². The minimum atomic E-state index is -0.242. The molecule has 2 unspecified atom stereocenters. The largest absolute Gasteiger partial charge is 0.469 e. The molecule has 1 aliphatic carbocycles. The molecule has 148 valence electrons. The van der Waals surface area contributed by atoms with Crippen molar-refractivity contribution in [3.05, 3.63) is 93.8 Å². The van der Waals surface area contributed by atoms with Crippen LogP contribution in [0.5, 0.6) is 0 Å². The molecule has 1 aliphatic rings. The summed E-state index contributed by atoms with van der Waals surface area (Å²) in [4.78, 5) is 11.9. The van der Waals surface area contributed by atoms with Crippen LogP contribution >= 0.6 is 0 Å². The van der Waals surface area contributed by atoms with Gasteiger partial charge in [-0.25, -0.2) is 0 Å². The topological polar surface area (TPSA) is 44.1 Å². The molecular weight excluding hydrogens is 360 g/mol. The highest BCUT2D eigenvalue weighted by molar-refractivity contribution is 5.73. The van der Waals surface area contributed by atoms with Crippen molar-refractivity contribution in [2.45, 2.75) is 39.2 Å². The molecule has 2 aromatic carbocycles. The molecule has 0 aliphatic heterocycles. The average molecular weight is 386 g/mol. The molecule has 0 N–H and O–H groups in total. The molecule has 1 heterocycles. The predicted molar refractivity (Wildman–Crippen MR) is 115 cm³/mol. The van der Waals surface area contributed by atoms with E-state index in [0.29, 0.717) is 0 Å². The Balaban J connectivity index is 1.85. The quantitative estimate of drug-likeness (QED) is 0.585. The van der Waals surface area contributed by atoms with Crippen LogP contribution in [-0.4, -0.2) is 22.9 Å². The lowest BCUT2D eigenvalue weighted by Crippen LogP contribution is -2.20. The number of aryl methyl sites for hydroxylation is 2. The smallest absolute Gasteiger partial charge is 0.310 e. The van der Waals surface area contributed by atoms with Crippen LogP contribution in [0, 0.1) is 20.8 Å². The number of allylic oxidation sites excluding steroid dienone is 1. The van der Waals surface area contributed by atoms with Gasteiger partial charge in [0.25, 0.3) is 0 Å². The Morgan fingerprint density at radius 2 is 1.86 bits per heavy atom. The number of esters is 1. The fourth-order valence-corrected chi connectivity index (χ4v) is 4.39. The minimum Gasteiger partial charge on any atom is -0.469 e. The van der Waals surface area contributed by atoms with Gasteiger partial charge in [-0.15, -0.1) is 0 Å². The van der Waals surface area contributed by atoms with Crippen LogP contribution in [-0.2, 0) is 16.0 Å². The summed E-state index contributed by atoms with van der Waals surface area (Å²) in [5.74, 6) is -0.0648. The molecule has 0 fully saturated rings. The lowest BCUT2D eigenvalue weighted by molar-refractivity contribution is -0.139. The Morgan fingerprint density at radius 3 is 2.59 bits per heavy atom. The zero-order valence-electron chi connectivity index (χ0n) is 17.3. The van der Waals surface area contributed by atoms with E-state index < -0.39 is 0 Å². The summed E-state index contributed by atoms with van der Waals surface area (Å²) in [6.45, 7) is 6.16. The van der Waals surface area contributed by atoms with Crippen LogP contribution in [0.1, 0.15) is 51.2 Å². The lowest BCUT2D eigenvalue weighted by Gasteiger charge is -2.26. The van der Waals surface area contributed by atoms with Gasteiger partial charge in [0.05, 0.1) is 25.3 Å². The number of nitrogens with zero attached hydrogens (tertiary/aromatic N) is 2. The molecule has 0 saturated carbocycles. The Hall–Kier alpha value is -3.14. The van der Waals surface area contributed by atoms with Crippen LogP contribution < -0.4 is 0 Å². The Bertz CT molecular complexity index is 1080. The minimum absolute atomic E-state index is 0.0144. The van der Waals surface area contributed by atoms with Gasteiger partial charge in [-0.3, -0.25) is 9.48 Å². The number of methoxy groups -OCH3 is 1. The van der Waals surface area contributed by atoms with Gasteiger partial charge < -0.3 is 4.74 Å². The number of benzene rings is 2. The fourth-order valence-electron chi connectivity index (χ4n) is 4.39. The van der Waals surface area contributed by atoms with Gasteiger partial charge >= 0.3 is 5.97 Å². The van der Waals surface area contributed by atoms with Crippen molar-refractivity contribution < 1.29 is 9.53 Å². The first-order valence-corrected chi connectivity index (χ1v) is 9.95. The number of carbonyl (C=O) groups is 1. The SMILES string of the molecule is COC(=O)Cc1c(C)nn(C(c2ccccc2)C2C=Cc3c(C)cccc32)c1C. The van der Waals surface area contributed by atoms with Crippen molar-refractivity contribution in [1.82, 2.24) is 9.78 Å². The van der Waals surface area contributed by atoms with E-state index in [1.54, 1.807) is 0 Å². The van der Waals surface area contributed by atoms with E-state index in [9.17, 15) is 4.79 Å². The van der Waals surface area contributed by atoms with Crippen LogP contribution in [0.3, 0.4) is 0 Å². The molecule has 4 heteroatoms. The molecule has 0 saturated heterocycles. The van der Waals surface area contributed by atoms with E-state index >= 15 is 0 Å². The normalized spacial score (nSPS) is 15.9. The van der Waals surface area contributed by atoms with Crippen LogP contribution in [0.2, 0.25) is 0 Å². The van der Waals surface area contributed by atoms with Gasteiger partial charge in [-0.05, 0) is 43.0 Å². The third-order valence-corrected chi connectivity index (χ3v) is 5.96. The molecular formula is C25H26N2O2. The van der Waals surface area contributed by atoms with Crippen molar-refractivity contribution in [1.29, 1.82) is 0 Å². The molecule has 2 atom stereocenters. The maximum absolute atomic E-state index is 11.9. The van der Waals surface area contributed by atoms with Gasteiger partial charge in [0.2, 0.25) is 0 Å². The molecule has 0 spiro atoms. The first-order valence-electron chi connectivity index (χ1n) is 9.95. The van der Waals surface area contributed by atoms with E-state index in [1.165, 1.54) is 29.4 Å². The fraction of sp³-hybridized carbons (Fsp3) is 0.280. The second kappa shape index (κ2) is 7.70. The monoisotopic (exact) mass is 386 g/mol. The van der Waals surface area contributed by atoms with E-state index in [2.05, 4.69) is 66.2 Å².